The summed E-state index contributed by atoms with van der Waals surface area (Å²) in [6.07, 6.45) is 1.08. The molecule has 1 aromatic carbocycles. The molecule has 1 N–H and O–H groups in total. The summed E-state index contributed by atoms with van der Waals surface area (Å²) in [6.45, 7) is 4.18. The number of nitrogens with zero attached hydrogens (tertiary/aromatic N) is 1. The number of benzene rings is 1. The minimum absolute atomic E-state index is 0.152. The molecule has 1 rings (SSSR count). The van der Waals surface area contributed by atoms with E-state index in [0.29, 0.717) is 18.0 Å². The Kier molecular flexibility index (Phi) is 5.97. The van der Waals surface area contributed by atoms with Crippen molar-refractivity contribution < 1.29 is 17.9 Å². The molecule has 0 aromatic heterocycles. The molecule has 0 spiro atoms. The third-order valence-electron chi connectivity index (χ3n) is 2.54. The molecular weight excluding hydrogens is 280 g/mol. The summed E-state index contributed by atoms with van der Waals surface area (Å²) >= 11 is 0. The zero-order valence-electron chi connectivity index (χ0n) is 11.9. The molecule has 0 unspecified atom stereocenters. The third kappa shape index (κ3) is 5.18. The monoisotopic (exact) mass is 300 g/mol. The molecule has 112 valence electrons. The Morgan fingerprint density at radius 2 is 2.00 bits per heavy atom. The van der Waals surface area contributed by atoms with Crippen molar-refractivity contribution in [1.82, 2.24) is 4.72 Å². The van der Waals surface area contributed by atoms with Gasteiger partial charge >= 0.3 is 0 Å². The normalized spacial score (nSPS) is 11.2. The average molecular weight is 300 g/mol. The first-order valence-electron chi connectivity index (χ1n) is 6.29. The highest BCUT2D eigenvalue weighted by molar-refractivity contribution is 7.88. The summed E-state index contributed by atoms with van der Waals surface area (Å²) in [5.41, 5.74) is 0.636. The van der Waals surface area contributed by atoms with E-state index in [4.69, 9.17) is 4.74 Å². The van der Waals surface area contributed by atoms with Gasteiger partial charge in [-0.25, -0.2) is 13.1 Å². The maximum absolute atomic E-state index is 11.7. The summed E-state index contributed by atoms with van der Waals surface area (Å²) in [5.74, 6) is 0.428. The molecule has 0 aliphatic heterocycles. The number of sulfonamides is 1. The molecule has 0 atom stereocenters. The van der Waals surface area contributed by atoms with Crippen LogP contribution in [0.1, 0.15) is 13.8 Å². The van der Waals surface area contributed by atoms with E-state index in [2.05, 4.69) is 4.72 Å². The SMILES string of the molecule is CCOc1ccccc1N(CCNS(C)(=O)=O)C(C)=O. The van der Waals surface area contributed by atoms with E-state index >= 15 is 0 Å². The van der Waals surface area contributed by atoms with Crippen molar-refractivity contribution in [3.63, 3.8) is 0 Å². The fourth-order valence-corrected chi connectivity index (χ4v) is 2.21. The molecule has 6 nitrogen and oxygen atoms in total. The number of nitrogens with one attached hydrogen (secondary N) is 1. The van der Waals surface area contributed by atoms with Gasteiger partial charge in [-0.1, -0.05) is 12.1 Å². The van der Waals surface area contributed by atoms with Crippen molar-refractivity contribution >= 4 is 21.6 Å². The largest absolute Gasteiger partial charge is 0.492 e. The van der Waals surface area contributed by atoms with Crippen LogP contribution < -0.4 is 14.4 Å². The number of amides is 1. The predicted octanol–water partition coefficient (Wildman–Crippen LogP) is 0.987. The van der Waals surface area contributed by atoms with Gasteiger partial charge < -0.3 is 9.64 Å². The molecule has 7 heteroatoms. The lowest BCUT2D eigenvalue weighted by atomic mass is 10.2. The first kappa shape index (κ1) is 16.5. The highest BCUT2D eigenvalue weighted by Gasteiger charge is 2.16. The van der Waals surface area contributed by atoms with Crippen molar-refractivity contribution in [2.75, 3.05) is 30.9 Å². The molecule has 1 aromatic rings. The molecule has 0 saturated heterocycles. The second kappa shape index (κ2) is 7.25. The highest BCUT2D eigenvalue weighted by atomic mass is 32.2. The number of rotatable bonds is 7. The van der Waals surface area contributed by atoms with E-state index in [1.165, 1.54) is 11.8 Å². The van der Waals surface area contributed by atoms with Gasteiger partial charge in [-0.2, -0.15) is 0 Å². The van der Waals surface area contributed by atoms with Gasteiger partial charge in [0.2, 0.25) is 15.9 Å². The number of carbonyl (C=O) groups excluding carboxylic acids is 1. The van der Waals surface area contributed by atoms with Gasteiger partial charge in [-0.15, -0.1) is 0 Å². The van der Waals surface area contributed by atoms with Gasteiger partial charge in [0.15, 0.2) is 0 Å². The highest BCUT2D eigenvalue weighted by Crippen LogP contribution is 2.27. The Bertz CT molecular complexity index is 557. The van der Waals surface area contributed by atoms with E-state index in [0.717, 1.165) is 6.26 Å². The molecule has 0 bridgehead atoms. The van der Waals surface area contributed by atoms with Crippen LogP contribution in [-0.2, 0) is 14.8 Å². The maximum Gasteiger partial charge on any atom is 0.224 e. The Labute approximate surface area is 119 Å². The summed E-state index contributed by atoms with van der Waals surface area (Å²) in [6, 6.07) is 7.17. The number of ether oxygens (including phenoxy) is 1. The number of para-hydroxylation sites is 2. The topological polar surface area (TPSA) is 75.7 Å². The molecule has 0 fully saturated rings. The minimum Gasteiger partial charge on any atom is -0.492 e. The maximum atomic E-state index is 11.7. The zero-order valence-corrected chi connectivity index (χ0v) is 12.7. The van der Waals surface area contributed by atoms with Crippen molar-refractivity contribution in [1.29, 1.82) is 0 Å². The zero-order chi connectivity index (χ0) is 15.2. The molecular formula is C13H20N2O4S. The Morgan fingerprint density at radius 3 is 2.55 bits per heavy atom. The van der Waals surface area contributed by atoms with Crippen LogP contribution in [0.15, 0.2) is 24.3 Å². The van der Waals surface area contributed by atoms with Gasteiger partial charge in [0.25, 0.3) is 0 Å². The van der Waals surface area contributed by atoms with Crippen LogP contribution in [0, 0.1) is 0 Å². The predicted molar refractivity (Wildman–Crippen MR) is 78.5 cm³/mol. The van der Waals surface area contributed by atoms with Gasteiger partial charge in [0, 0.05) is 20.0 Å². The number of anilines is 1. The molecule has 1 amide bonds. The number of hydrogen-bond donors (Lipinski definition) is 1. The van der Waals surface area contributed by atoms with Crippen LogP contribution in [0.2, 0.25) is 0 Å². The van der Waals surface area contributed by atoms with Gasteiger partial charge in [0.05, 0.1) is 18.6 Å². The third-order valence-corrected chi connectivity index (χ3v) is 3.26. The van der Waals surface area contributed by atoms with E-state index in [1.54, 1.807) is 18.2 Å². The first-order valence-corrected chi connectivity index (χ1v) is 8.19. The smallest absolute Gasteiger partial charge is 0.224 e. The van der Waals surface area contributed by atoms with E-state index in [-0.39, 0.29) is 19.0 Å². The standard InChI is InChI=1S/C13H20N2O4S/c1-4-19-13-8-6-5-7-12(13)15(11(2)16)10-9-14-20(3,17)18/h5-8,14H,4,9-10H2,1-3H3. The van der Waals surface area contributed by atoms with Crippen LogP contribution in [0.3, 0.4) is 0 Å². The molecule has 0 aliphatic carbocycles. The molecule has 20 heavy (non-hydrogen) atoms. The van der Waals surface area contributed by atoms with E-state index in [9.17, 15) is 13.2 Å². The Morgan fingerprint density at radius 1 is 1.35 bits per heavy atom. The van der Waals surface area contributed by atoms with Crippen molar-refractivity contribution in [3.05, 3.63) is 24.3 Å². The van der Waals surface area contributed by atoms with Crippen LogP contribution in [0.5, 0.6) is 5.75 Å². The second-order valence-corrected chi connectivity index (χ2v) is 6.07. The van der Waals surface area contributed by atoms with Crippen LogP contribution in [0.4, 0.5) is 5.69 Å². The number of hydrogen-bond acceptors (Lipinski definition) is 4. The van der Waals surface area contributed by atoms with Crippen molar-refractivity contribution in [2.45, 2.75) is 13.8 Å². The first-order chi connectivity index (χ1) is 9.35. The Balaban J connectivity index is 2.88. The molecule has 0 aliphatic rings. The van der Waals surface area contributed by atoms with Gasteiger partial charge in [-0.3, -0.25) is 4.79 Å². The molecule has 0 saturated carbocycles. The lowest BCUT2D eigenvalue weighted by Gasteiger charge is -2.23. The molecule has 0 heterocycles. The van der Waals surface area contributed by atoms with E-state index in [1.807, 2.05) is 13.0 Å². The molecule has 0 radical (unpaired) electrons. The minimum atomic E-state index is -3.27. The van der Waals surface area contributed by atoms with Crippen molar-refractivity contribution in [3.8, 4) is 5.75 Å². The van der Waals surface area contributed by atoms with Gasteiger partial charge in [0.1, 0.15) is 5.75 Å². The summed E-state index contributed by atoms with van der Waals surface area (Å²) in [5, 5.41) is 0. The van der Waals surface area contributed by atoms with Crippen molar-refractivity contribution in [2.24, 2.45) is 0 Å². The second-order valence-electron chi connectivity index (χ2n) is 4.24. The lowest BCUT2D eigenvalue weighted by Crippen LogP contribution is -2.37. The number of carbonyl (C=O) groups is 1. The van der Waals surface area contributed by atoms with Crippen LogP contribution in [-0.4, -0.2) is 40.3 Å². The fourth-order valence-electron chi connectivity index (χ4n) is 1.75. The quantitative estimate of drug-likeness (QED) is 0.814. The summed E-state index contributed by atoms with van der Waals surface area (Å²) in [7, 11) is -3.27. The average Bonchev–Trinajstić information content (AvgIpc) is 2.34. The van der Waals surface area contributed by atoms with Crippen LogP contribution >= 0.6 is 0 Å². The summed E-state index contributed by atoms with van der Waals surface area (Å²) < 4.78 is 29.9. The summed E-state index contributed by atoms with van der Waals surface area (Å²) in [4.78, 5) is 13.2. The van der Waals surface area contributed by atoms with Gasteiger partial charge in [-0.05, 0) is 19.1 Å². The Hall–Kier alpha value is -1.60. The van der Waals surface area contributed by atoms with E-state index < -0.39 is 10.0 Å². The van der Waals surface area contributed by atoms with Crippen LogP contribution in [0.25, 0.3) is 0 Å². The lowest BCUT2D eigenvalue weighted by molar-refractivity contribution is -0.116. The fraction of sp³-hybridized carbons (Fsp3) is 0.462.